The van der Waals surface area contributed by atoms with Gasteiger partial charge in [0.05, 0.1) is 12.6 Å². The van der Waals surface area contributed by atoms with Crippen molar-refractivity contribution < 1.29 is 19.6 Å². The van der Waals surface area contributed by atoms with Crippen LogP contribution in [0.4, 0.5) is 15.9 Å². The number of fused-ring (bicyclic) bond motifs is 1. The van der Waals surface area contributed by atoms with Gasteiger partial charge in [-0.05, 0) is 36.4 Å². The molecule has 0 aliphatic heterocycles. The summed E-state index contributed by atoms with van der Waals surface area (Å²) in [5.41, 5.74) is 8.37. The Labute approximate surface area is 144 Å². The lowest BCUT2D eigenvalue weighted by atomic mass is 10.1. The summed E-state index contributed by atoms with van der Waals surface area (Å²) in [6.45, 7) is 0. The number of quaternary nitrogens is 1. The minimum absolute atomic E-state index is 0.249. The summed E-state index contributed by atoms with van der Waals surface area (Å²) in [6, 6.07) is 10.8. The minimum atomic E-state index is -0.766. The molecule has 1 amide bonds. The van der Waals surface area contributed by atoms with Crippen LogP contribution < -0.4 is 16.0 Å². The predicted octanol–water partition coefficient (Wildman–Crippen LogP) is 1.35. The lowest BCUT2D eigenvalue weighted by molar-refractivity contribution is -0.708. The van der Waals surface area contributed by atoms with Gasteiger partial charge >= 0.3 is 0 Å². The first kappa shape index (κ1) is 16.9. The maximum atomic E-state index is 13.0. The largest absolute Gasteiger partial charge is 0.385 e. The molecule has 7 heteroatoms. The van der Waals surface area contributed by atoms with E-state index in [1.165, 1.54) is 29.2 Å². The number of nitrogens with two attached hydrogens (primary N) is 2. The third-order valence-corrected chi connectivity index (χ3v) is 4.25. The van der Waals surface area contributed by atoms with Crippen molar-refractivity contribution in [3.05, 3.63) is 59.4 Å². The number of H-pyrrole nitrogens is 1. The number of aliphatic hydroxyl groups excluding tert-OH is 1. The van der Waals surface area contributed by atoms with Crippen molar-refractivity contribution in [2.45, 2.75) is 6.23 Å². The van der Waals surface area contributed by atoms with Gasteiger partial charge in [0.25, 0.3) is 5.91 Å². The van der Waals surface area contributed by atoms with Crippen molar-refractivity contribution in [3.8, 4) is 0 Å². The third-order valence-electron chi connectivity index (χ3n) is 4.25. The Balaban J connectivity index is 1.96. The number of carbonyl (C=O) groups excluding carboxylic acids is 1. The van der Waals surface area contributed by atoms with E-state index in [-0.39, 0.29) is 11.7 Å². The molecule has 1 heterocycles. The highest BCUT2D eigenvalue weighted by Crippen LogP contribution is 2.30. The summed E-state index contributed by atoms with van der Waals surface area (Å²) in [5, 5.41) is 12.5. The van der Waals surface area contributed by atoms with E-state index in [1.54, 1.807) is 31.5 Å². The summed E-state index contributed by atoms with van der Waals surface area (Å²) in [6.07, 6.45) is -0.766. The number of carbonyl (C=O) groups is 1. The molecule has 0 fully saturated rings. The number of hydrogen-bond donors (Lipinski definition) is 4. The quantitative estimate of drug-likeness (QED) is 0.538. The molecule has 1 aromatic heterocycles. The van der Waals surface area contributed by atoms with Crippen LogP contribution in [-0.4, -0.2) is 30.1 Å². The van der Waals surface area contributed by atoms with Crippen molar-refractivity contribution in [1.29, 1.82) is 0 Å². The Morgan fingerprint density at radius 1 is 1.28 bits per heavy atom. The molecule has 1 unspecified atom stereocenters. The number of nitrogens with zero attached hydrogens (tertiary/aromatic N) is 1. The summed E-state index contributed by atoms with van der Waals surface area (Å²) >= 11 is 0. The number of hydrogen-bond acceptors (Lipinski definition) is 3. The monoisotopic (exact) mass is 343 g/mol. The van der Waals surface area contributed by atoms with E-state index in [1.807, 2.05) is 6.07 Å². The first-order chi connectivity index (χ1) is 11.9. The van der Waals surface area contributed by atoms with Crippen molar-refractivity contribution in [1.82, 2.24) is 4.98 Å². The molecule has 130 valence electrons. The molecule has 2 aromatic carbocycles. The normalized spacial score (nSPS) is 12.3. The number of amides is 1. The van der Waals surface area contributed by atoms with Crippen LogP contribution in [0.2, 0.25) is 0 Å². The van der Waals surface area contributed by atoms with Crippen molar-refractivity contribution >= 4 is 28.3 Å². The number of aromatic amines is 1. The number of benzene rings is 2. The van der Waals surface area contributed by atoms with E-state index >= 15 is 0 Å². The summed E-state index contributed by atoms with van der Waals surface area (Å²) < 4.78 is 13.0. The smallest absolute Gasteiger partial charge is 0.258 e. The van der Waals surface area contributed by atoms with E-state index in [9.17, 15) is 14.3 Å². The molecular weight excluding hydrogens is 323 g/mol. The zero-order valence-electron chi connectivity index (χ0n) is 14.0. The molecule has 3 rings (SSSR count). The van der Waals surface area contributed by atoms with Gasteiger partial charge in [-0.25, -0.2) is 4.39 Å². The van der Waals surface area contributed by atoms with Crippen LogP contribution in [-0.2, 0) is 0 Å². The van der Waals surface area contributed by atoms with E-state index in [2.05, 4.69) is 4.98 Å². The van der Waals surface area contributed by atoms with Crippen LogP contribution in [0.1, 0.15) is 22.1 Å². The molecule has 0 bridgehead atoms. The fourth-order valence-corrected chi connectivity index (χ4v) is 2.83. The van der Waals surface area contributed by atoms with E-state index in [0.717, 1.165) is 10.9 Å². The van der Waals surface area contributed by atoms with Crippen LogP contribution in [0.25, 0.3) is 10.9 Å². The number of rotatable bonds is 4. The van der Waals surface area contributed by atoms with Crippen LogP contribution in [0.5, 0.6) is 0 Å². The number of aromatic nitrogens is 1. The first-order valence-electron chi connectivity index (χ1n) is 7.84. The van der Waals surface area contributed by atoms with Crippen LogP contribution >= 0.6 is 0 Å². The molecular formula is C18H20FN4O2+. The van der Waals surface area contributed by atoms with Gasteiger partial charge in [-0.1, -0.05) is 6.07 Å². The SMILES string of the molecule is C[NH2+]C(O)c1c(N)[nH]c2cc(N(C)C(=O)c3ccc(F)cc3)ccc12. The van der Waals surface area contributed by atoms with E-state index in [0.29, 0.717) is 22.6 Å². The fourth-order valence-electron chi connectivity index (χ4n) is 2.83. The number of nitrogen functional groups attached to an aromatic ring is 1. The highest BCUT2D eigenvalue weighted by Gasteiger charge is 2.20. The molecule has 0 aliphatic carbocycles. The Hall–Kier alpha value is -2.90. The molecule has 0 aliphatic rings. The van der Waals surface area contributed by atoms with Gasteiger partial charge in [0, 0.05) is 29.2 Å². The second kappa shape index (κ2) is 6.54. The van der Waals surface area contributed by atoms with Gasteiger partial charge < -0.3 is 26.0 Å². The molecule has 6 N–H and O–H groups in total. The molecule has 25 heavy (non-hydrogen) atoms. The first-order valence-corrected chi connectivity index (χ1v) is 7.84. The van der Waals surface area contributed by atoms with Crippen molar-refractivity contribution in [2.24, 2.45) is 0 Å². The minimum Gasteiger partial charge on any atom is -0.385 e. The predicted molar refractivity (Wildman–Crippen MR) is 94.7 cm³/mol. The zero-order chi connectivity index (χ0) is 18.1. The van der Waals surface area contributed by atoms with E-state index < -0.39 is 6.23 Å². The second-order valence-electron chi connectivity index (χ2n) is 5.83. The number of nitrogens with one attached hydrogen (secondary N) is 1. The molecule has 0 saturated heterocycles. The molecule has 0 radical (unpaired) electrons. The Bertz CT molecular complexity index is 921. The highest BCUT2D eigenvalue weighted by atomic mass is 19.1. The van der Waals surface area contributed by atoms with Gasteiger partial charge in [0.2, 0.25) is 6.23 Å². The van der Waals surface area contributed by atoms with Crippen molar-refractivity contribution in [3.63, 3.8) is 0 Å². The summed E-state index contributed by atoms with van der Waals surface area (Å²) in [4.78, 5) is 17.1. The third kappa shape index (κ3) is 3.07. The van der Waals surface area contributed by atoms with Gasteiger partial charge in [0.1, 0.15) is 11.6 Å². The van der Waals surface area contributed by atoms with Crippen molar-refractivity contribution in [2.75, 3.05) is 24.7 Å². The maximum Gasteiger partial charge on any atom is 0.258 e. The number of halogens is 1. The van der Waals surface area contributed by atoms with Crippen LogP contribution in [0, 0.1) is 5.82 Å². The van der Waals surface area contributed by atoms with Crippen LogP contribution in [0.3, 0.4) is 0 Å². The standard InChI is InChI=1S/C18H19FN4O2/c1-21-17(24)15-13-8-7-12(9-14(13)22-16(15)20)23(2)18(25)10-3-5-11(19)6-4-10/h3-9,17,21-22,24H,20H2,1-2H3/p+1. The average Bonchev–Trinajstić information content (AvgIpc) is 2.95. The number of anilines is 2. The second-order valence-corrected chi connectivity index (χ2v) is 5.83. The molecule has 1 atom stereocenters. The van der Waals surface area contributed by atoms with E-state index in [4.69, 9.17) is 5.73 Å². The lowest BCUT2D eigenvalue weighted by Crippen LogP contribution is -2.81. The fraction of sp³-hybridized carbons (Fsp3) is 0.167. The molecule has 3 aromatic rings. The molecule has 0 spiro atoms. The highest BCUT2D eigenvalue weighted by molar-refractivity contribution is 6.06. The Morgan fingerprint density at radius 2 is 1.96 bits per heavy atom. The zero-order valence-corrected chi connectivity index (χ0v) is 14.0. The van der Waals surface area contributed by atoms with Crippen LogP contribution in [0.15, 0.2) is 42.5 Å². The Morgan fingerprint density at radius 3 is 2.60 bits per heavy atom. The summed E-state index contributed by atoms with van der Waals surface area (Å²) in [7, 11) is 3.40. The molecule has 0 saturated carbocycles. The number of aliphatic hydroxyl groups is 1. The Kier molecular flexibility index (Phi) is 4.43. The topological polar surface area (TPSA) is 99.0 Å². The average molecular weight is 343 g/mol. The van der Waals surface area contributed by atoms with Gasteiger partial charge in [0.15, 0.2) is 0 Å². The maximum absolute atomic E-state index is 13.0. The molecule has 6 nitrogen and oxygen atoms in total. The lowest BCUT2D eigenvalue weighted by Gasteiger charge is -2.17. The van der Waals surface area contributed by atoms with Gasteiger partial charge in [-0.3, -0.25) is 4.79 Å². The van der Waals surface area contributed by atoms with Gasteiger partial charge in [-0.2, -0.15) is 0 Å². The summed E-state index contributed by atoms with van der Waals surface area (Å²) in [5.74, 6) is -0.243. The van der Waals surface area contributed by atoms with Gasteiger partial charge in [-0.15, -0.1) is 0 Å².